The Labute approximate surface area is 159 Å². The molecular weight excluding hydrogens is 373 g/mol. The van der Waals surface area contributed by atoms with E-state index in [1.54, 1.807) is 22.8 Å². The quantitative estimate of drug-likeness (QED) is 0.632. The topological polar surface area (TPSA) is 97.7 Å². The van der Waals surface area contributed by atoms with Gasteiger partial charge in [-0.3, -0.25) is 0 Å². The van der Waals surface area contributed by atoms with E-state index in [0.717, 1.165) is 6.42 Å². The van der Waals surface area contributed by atoms with Crippen molar-refractivity contribution in [3.8, 4) is 5.75 Å². The van der Waals surface area contributed by atoms with E-state index in [2.05, 4.69) is 15.4 Å². The number of ether oxygens (including phenoxy) is 1. The predicted molar refractivity (Wildman–Crippen MR) is 99.9 cm³/mol. The molecule has 27 heavy (non-hydrogen) atoms. The van der Waals surface area contributed by atoms with Gasteiger partial charge in [-0.05, 0) is 31.0 Å². The summed E-state index contributed by atoms with van der Waals surface area (Å²) in [6, 6.07) is 5.93. The number of fused-ring (bicyclic) bond motifs is 1. The number of hydrogen-bond donors (Lipinski definition) is 3. The fourth-order valence-electron chi connectivity index (χ4n) is 3.24. The molecule has 0 radical (unpaired) electrons. The molecule has 0 saturated heterocycles. The van der Waals surface area contributed by atoms with Crippen LogP contribution in [0.15, 0.2) is 36.8 Å². The third kappa shape index (κ3) is 3.69. The van der Waals surface area contributed by atoms with Crippen LogP contribution in [0.4, 0.5) is 15.9 Å². The van der Waals surface area contributed by atoms with Crippen LogP contribution in [0, 0.1) is 5.82 Å². The van der Waals surface area contributed by atoms with Gasteiger partial charge in [0.2, 0.25) is 0 Å². The summed E-state index contributed by atoms with van der Waals surface area (Å²) in [7, 11) is 0. The molecule has 0 bridgehead atoms. The summed E-state index contributed by atoms with van der Waals surface area (Å²) < 4.78 is 21.1. The zero-order valence-electron chi connectivity index (χ0n) is 14.3. The minimum Gasteiger partial charge on any atom is -0.488 e. The zero-order valence-corrected chi connectivity index (χ0v) is 15.1. The van der Waals surface area contributed by atoms with Gasteiger partial charge in [-0.2, -0.15) is 5.10 Å². The Morgan fingerprint density at radius 1 is 1.33 bits per heavy atom. The monoisotopic (exact) mass is 391 g/mol. The second kappa shape index (κ2) is 7.30. The van der Waals surface area contributed by atoms with E-state index in [1.807, 2.05) is 0 Å². The van der Waals surface area contributed by atoms with Gasteiger partial charge < -0.3 is 20.9 Å². The van der Waals surface area contributed by atoms with Crippen molar-refractivity contribution in [3.63, 3.8) is 0 Å². The lowest BCUT2D eigenvalue weighted by molar-refractivity contribution is 0.0399. The number of aliphatic hydroxyl groups excluding tert-OH is 1. The van der Waals surface area contributed by atoms with Gasteiger partial charge in [-0.25, -0.2) is 13.9 Å². The fourth-order valence-corrected chi connectivity index (χ4v) is 3.42. The number of halogens is 2. The Hall–Kier alpha value is -2.42. The van der Waals surface area contributed by atoms with Crippen molar-refractivity contribution in [1.29, 1.82) is 0 Å². The number of aliphatic hydroxyl groups is 1. The van der Waals surface area contributed by atoms with Crippen LogP contribution >= 0.6 is 11.6 Å². The molecule has 1 unspecified atom stereocenters. The highest BCUT2D eigenvalue weighted by Gasteiger charge is 2.28. The second-order valence-corrected chi connectivity index (χ2v) is 7.03. The lowest BCUT2D eigenvalue weighted by Gasteiger charge is -2.30. The first-order valence-corrected chi connectivity index (χ1v) is 9.04. The summed E-state index contributed by atoms with van der Waals surface area (Å²) in [5, 5.41) is 17.3. The van der Waals surface area contributed by atoms with Crippen molar-refractivity contribution >= 4 is 28.6 Å². The highest BCUT2D eigenvalue weighted by atomic mass is 35.5. The minimum absolute atomic E-state index is 0.0180. The van der Waals surface area contributed by atoms with Gasteiger partial charge in [0.15, 0.2) is 11.6 Å². The molecule has 3 aromatic rings. The van der Waals surface area contributed by atoms with Crippen LogP contribution in [0.5, 0.6) is 5.75 Å². The summed E-state index contributed by atoms with van der Waals surface area (Å²) >= 11 is 5.85. The first kappa shape index (κ1) is 18.0. The SMILES string of the molecule is N[C@@H]1CCC(Oc2ccn3ncnc(Nc4ccc(F)c(Cl)c4)c23)C[C@H]1O. The summed E-state index contributed by atoms with van der Waals surface area (Å²) in [6.45, 7) is 0. The number of hydrogen-bond acceptors (Lipinski definition) is 6. The van der Waals surface area contributed by atoms with Gasteiger partial charge in [0.05, 0.1) is 11.1 Å². The largest absolute Gasteiger partial charge is 0.488 e. The lowest BCUT2D eigenvalue weighted by Crippen LogP contribution is -2.43. The Bertz CT molecular complexity index is 966. The predicted octanol–water partition coefficient (Wildman–Crippen LogP) is 2.88. The van der Waals surface area contributed by atoms with Crippen LogP contribution in [0.1, 0.15) is 19.3 Å². The van der Waals surface area contributed by atoms with E-state index in [0.29, 0.717) is 35.6 Å². The summed E-state index contributed by atoms with van der Waals surface area (Å²) in [5.41, 5.74) is 7.09. The Morgan fingerprint density at radius 2 is 2.19 bits per heavy atom. The van der Waals surface area contributed by atoms with Crippen LogP contribution in [-0.2, 0) is 0 Å². The van der Waals surface area contributed by atoms with E-state index in [9.17, 15) is 9.50 Å². The van der Waals surface area contributed by atoms with Crippen LogP contribution in [0.3, 0.4) is 0 Å². The molecule has 4 N–H and O–H groups in total. The van der Waals surface area contributed by atoms with Crippen molar-refractivity contribution in [1.82, 2.24) is 14.6 Å². The maximum Gasteiger partial charge on any atom is 0.162 e. The fraction of sp³-hybridized carbons (Fsp3) is 0.333. The van der Waals surface area contributed by atoms with E-state index in [4.69, 9.17) is 22.1 Å². The summed E-state index contributed by atoms with van der Waals surface area (Å²) in [6.07, 6.45) is 4.40. The molecule has 0 amide bonds. The van der Waals surface area contributed by atoms with Gasteiger partial charge in [-0.1, -0.05) is 11.6 Å². The van der Waals surface area contributed by atoms with Crippen LogP contribution < -0.4 is 15.8 Å². The number of anilines is 2. The molecule has 1 aliphatic rings. The number of aromatic nitrogens is 3. The molecule has 1 aromatic carbocycles. The standard InChI is InChI=1S/C18H19ClFN5O2/c19-12-7-10(1-3-13(12)20)24-18-17-16(5-6-25(17)23-9-22-18)27-11-2-4-14(21)15(26)8-11/h1,3,5-7,9,11,14-15,26H,2,4,8,21H2,(H,22,23,24)/t11?,14-,15-/m1/s1. The molecule has 142 valence electrons. The number of rotatable bonds is 4. The normalized spacial score (nSPS) is 22.7. The Morgan fingerprint density at radius 3 is 2.96 bits per heavy atom. The van der Waals surface area contributed by atoms with Gasteiger partial charge in [-0.15, -0.1) is 0 Å². The van der Waals surface area contributed by atoms with Crippen LogP contribution in [0.25, 0.3) is 5.52 Å². The molecule has 3 atom stereocenters. The highest BCUT2D eigenvalue weighted by molar-refractivity contribution is 6.31. The van der Waals surface area contributed by atoms with Gasteiger partial charge in [0.25, 0.3) is 0 Å². The average Bonchev–Trinajstić information content (AvgIpc) is 3.05. The molecular formula is C18H19ClFN5O2. The van der Waals surface area contributed by atoms with Crippen LogP contribution in [0.2, 0.25) is 5.02 Å². The molecule has 1 fully saturated rings. The number of nitrogens with zero attached hydrogens (tertiary/aromatic N) is 3. The van der Waals surface area contributed by atoms with Crippen LogP contribution in [-0.4, -0.2) is 38.0 Å². The third-order valence-corrected chi connectivity index (χ3v) is 5.00. The van der Waals surface area contributed by atoms with Gasteiger partial charge in [0, 0.05) is 30.4 Å². The zero-order chi connectivity index (χ0) is 19.0. The summed E-state index contributed by atoms with van der Waals surface area (Å²) in [5.74, 6) is 0.607. The first-order valence-electron chi connectivity index (χ1n) is 8.66. The molecule has 2 aromatic heterocycles. The minimum atomic E-state index is -0.576. The van der Waals surface area contributed by atoms with E-state index in [-0.39, 0.29) is 17.2 Å². The van der Waals surface area contributed by atoms with E-state index < -0.39 is 11.9 Å². The Kier molecular flexibility index (Phi) is 4.86. The maximum atomic E-state index is 13.4. The van der Waals surface area contributed by atoms with Crippen molar-refractivity contribution in [2.45, 2.75) is 37.5 Å². The molecule has 2 heterocycles. The third-order valence-electron chi connectivity index (χ3n) is 4.71. The summed E-state index contributed by atoms with van der Waals surface area (Å²) in [4.78, 5) is 4.28. The van der Waals surface area contributed by atoms with Gasteiger partial charge >= 0.3 is 0 Å². The molecule has 7 nitrogen and oxygen atoms in total. The molecule has 4 rings (SSSR count). The molecule has 0 spiro atoms. The van der Waals surface area contributed by atoms with Crippen molar-refractivity contribution in [2.24, 2.45) is 5.73 Å². The first-order chi connectivity index (χ1) is 13.0. The van der Waals surface area contributed by atoms with Crippen molar-refractivity contribution in [2.75, 3.05) is 5.32 Å². The number of nitrogens with one attached hydrogen (secondary N) is 1. The second-order valence-electron chi connectivity index (χ2n) is 6.62. The van der Waals surface area contributed by atoms with Gasteiger partial charge in [0.1, 0.15) is 23.8 Å². The van der Waals surface area contributed by atoms with Crippen molar-refractivity contribution in [3.05, 3.63) is 47.6 Å². The average molecular weight is 392 g/mol. The molecule has 1 aliphatic carbocycles. The Balaban J connectivity index is 1.62. The maximum absolute atomic E-state index is 13.4. The molecule has 0 aliphatic heterocycles. The van der Waals surface area contributed by atoms with E-state index in [1.165, 1.54) is 18.5 Å². The number of benzene rings is 1. The molecule has 1 saturated carbocycles. The van der Waals surface area contributed by atoms with E-state index >= 15 is 0 Å². The highest BCUT2D eigenvalue weighted by Crippen LogP contribution is 2.32. The van der Waals surface area contributed by atoms with Crippen molar-refractivity contribution < 1.29 is 14.2 Å². The lowest BCUT2D eigenvalue weighted by atomic mass is 9.91. The number of nitrogens with two attached hydrogens (primary N) is 1. The smallest absolute Gasteiger partial charge is 0.162 e. The molecule has 9 heteroatoms.